The Balaban J connectivity index is 1.74. The van der Waals surface area contributed by atoms with Crippen LogP contribution in [-0.2, 0) is 0 Å². The summed E-state index contributed by atoms with van der Waals surface area (Å²) < 4.78 is 0. The molecule has 0 aromatic carbocycles. The molecule has 0 spiro atoms. The Kier molecular flexibility index (Phi) is 2.13. The molecule has 0 saturated heterocycles. The fourth-order valence-corrected chi connectivity index (χ4v) is 1.94. The van der Waals surface area contributed by atoms with E-state index in [2.05, 4.69) is 22.1 Å². The van der Waals surface area contributed by atoms with E-state index in [4.69, 9.17) is 0 Å². The lowest BCUT2D eigenvalue weighted by molar-refractivity contribution is 0.333. The van der Waals surface area contributed by atoms with Crippen LogP contribution >= 0.6 is 11.3 Å². The molecule has 0 unspecified atom stereocenters. The van der Waals surface area contributed by atoms with Crippen LogP contribution in [0.5, 0.6) is 0 Å². The molecule has 1 aromatic rings. The summed E-state index contributed by atoms with van der Waals surface area (Å²) >= 11 is 1.75. The number of rotatable bonds is 3. The van der Waals surface area contributed by atoms with Crippen LogP contribution in [0.3, 0.4) is 0 Å². The molecule has 2 heteroatoms. The van der Waals surface area contributed by atoms with Crippen molar-refractivity contribution < 1.29 is 0 Å². The molecule has 1 aliphatic rings. The first-order chi connectivity index (χ1) is 5.45. The molecule has 1 N–H and O–H groups in total. The van der Waals surface area contributed by atoms with E-state index in [1.807, 2.05) is 0 Å². The van der Waals surface area contributed by atoms with Crippen molar-refractivity contribution >= 4 is 17.0 Å². The molecule has 2 rings (SSSR count). The smallest absolute Gasteiger partial charge is 0.0448 e. The summed E-state index contributed by atoms with van der Waals surface area (Å²) in [5.41, 5.74) is 1.29. The normalized spacial score (nSPS) is 17.8. The lowest BCUT2D eigenvalue weighted by Crippen LogP contribution is -2.20. The zero-order valence-electron chi connectivity index (χ0n) is 6.55. The van der Waals surface area contributed by atoms with Crippen molar-refractivity contribution in [3.05, 3.63) is 16.8 Å². The van der Waals surface area contributed by atoms with Crippen molar-refractivity contribution in [1.82, 2.24) is 0 Å². The van der Waals surface area contributed by atoms with Gasteiger partial charge < -0.3 is 5.32 Å². The van der Waals surface area contributed by atoms with Crippen molar-refractivity contribution in [2.45, 2.75) is 19.3 Å². The maximum absolute atomic E-state index is 3.44. The fourth-order valence-electron chi connectivity index (χ4n) is 1.32. The highest BCUT2D eigenvalue weighted by Crippen LogP contribution is 2.26. The summed E-state index contributed by atoms with van der Waals surface area (Å²) in [7, 11) is 0. The predicted octanol–water partition coefficient (Wildman–Crippen LogP) is 2.96. The molecule has 1 heterocycles. The predicted molar refractivity (Wildman–Crippen MR) is 50.1 cm³/mol. The van der Waals surface area contributed by atoms with Crippen LogP contribution in [0, 0.1) is 5.92 Å². The van der Waals surface area contributed by atoms with Crippen LogP contribution in [0.1, 0.15) is 19.3 Å². The van der Waals surface area contributed by atoms with Crippen molar-refractivity contribution in [3.8, 4) is 0 Å². The van der Waals surface area contributed by atoms with Gasteiger partial charge in [-0.15, -0.1) is 0 Å². The molecule has 1 aromatic heterocycles. The fraction of sp³-hybridized carbons (Fsp3) is 0.556. The lowest BCUT2D eigenvalue weighted by Gasteiger charge is -2.25. The second-order valence-corrected chi connectivity index (χ2v) is 3.97. The molecule has 11 heavy (non-hydrogen) atoms. The minimum absolute atomic E-state index is 0.954. The molecular weight excluding hydrogens is 154 g/mol. The van der Waals surface area contributed by atoms with Crippen molar-refractivity contribution in [1.29, 1.82) is 0 Å². The van der Waals surface area contributed by atoms with Crippen molar-refractivity contribution in [3.63, 3.8) is 0 Å². The maximum Gasteiger partial charge on any atom is 0.0448 e. The second kappa shape index (κ2) is 3.26. The zero-order valence-corrected chi connectivity index (χ0v) is 7.36. The highest BCUT2D eigenvalue weighted by atomic mass is 32.1. The molecule has 0 aliphatic heterocycles. The van der Waals surface area contributed by atoms with E-state index >= 15 is 0 Å². The average molecular weight is 167 g/mol. The Morgan fingerprint density at radius 2 is 2.45 bits per heavy atom. The molecule has 1 fully saturated rings. The average Bonchev–Trinajstić information content (AvgIpc) is 2.36. The van der Waals surface area contributed by atoms with Gasteiger partial charge in [-0.1, -0.05) is 6.42 Å². The van der Waals surface area contributed by atoms with Crippen LogP contribution in [0.4, 0.5) is 5.69 Å². The minimum Gasteiger partial charge on any atom is -0.384 e. The number of thiophene rings is 1. The van der Waals surface area contributed by atoms with E-state index in [1.165, 1.54) is 31.5 Å². The number of hydrogen-bond acceptors (Lipinski definition) is 2. The molecule has 0 amide bonds. The third kappa shape index (κ3) is 1.74. The largest absolute Gasteiger partial charge is 0.384 e. The summed E-state index contributed by atoms with van der Waals surface area (Å²) in [6, 6.07) is 2.14. The highest BCUT2D eigenvalue weighted by Gasteiger charge is 2.16. The zero-order chi connectivity index (χ0) is 7.52. The summed E-state index contributed by atoms with van der Waals surface area (Å²) in [6.07, 6.45) is 4.30. The standard InChI is InChI=1S/C9H13NS/c1-2-8(3-1)6-10-9-4-5-11-7-9/h4-5,7-8,10H,1-3,6H2. The maximum atomic E-state index is 3.44. The first kappa shape index (κ1) is 7.17. The Morgan fingerprint density at radius 1 is 1.55 bits per heavy atom. The highest BCUT2D eigenvalue weighted by molar-refractivity contribution is 7.08. The minimum atomic E-state index is 0.954. The van der Waals surface area contributed by atoms with Crippen molar-refractivity contribution in [2.24, 2.45) is 5.92 Å². The third-order valence-corrected chi connectivity index (χ3v) is 3.02. The second-order valence-electron chi connectivity index (χ2n) is 3.19. The van der Waals surface area contributed by atoms with Gasteiger partial charge in [-0.25, -0.2) is 0 Å². The molecule has 0 atom stereocenters. The van der Waals surface area contributed by atoms with Gasteiger partial charge in [0.2, 0.25) is 0 Å². The van der Waals surface area contributed by atoms with Gasteiger partial charge in [-0.2, -0.15) is 11.3 Å². The number of nitrogens with one attached hydrogen (secondary N) is 1. The third-order valence-electron chi connectivity index (χ3n) is 2.34. The van der Waals surface area contributed by atoms with E-state index in [1.54, 1.807) is 11.3 Å². The van der Waals surface area contributed by atoms with E-state index in [0.717, 1.165) is 5.92 Å². The van der Waals surface area contributed by atoms with Crippen LogP contribution < -0.4 is 5.32 Å². The lowest BCUT2D eigenvalue weighted by atomic mass is 9.85. The molecular formula is C9H13NS. The van der Waals surface area contributed by atoms with Gasteiger partial charge in [0.05, 0.1) is 0 Å². The van der Waals surface area contributed by atoms with Crippen molar-refractivity contribution in [2.75, 3.05) is 11.9 Å². The summed E-state index contributed by atoms with van der Waals surface area (Å²) in [6.45, 7) is 1.18. The van der Waals surface area contributed by atoms with Gasteiger partial charge in [-0.05, 0) is 30.2 Å². The molecule has 1 aliphatic carbocycles. The van der Waals surface area contributed by atoms with Gasteiger partial charge in [0.1, 0.15) is 0 Å². The summed E-state index contributed by atoms with van der Waals surface area (Å²) in [5.74, 6) is 0.954. The van der Waals surface area contributed by atoms with Gasteiger partial charge in [-0.3, -0.25) is 0 Å². The van der Waals surface area contributed by atoms with E-state index in [9.17, 15) is 0 Å². The van der Waals surface area contributed by atoms with Gasteiger partial charge in [0.25, 0.3) is 0 Å². The molecule has 1 nitrogen and oxygen atoms in total. The van der Waals surface area contributed by atoms with Crippen LogP contribution in [0.15, 0.2) is 16.8 Å². The molecule has 60 valence electrons. The van der Waals surface area contributed by atoms with E-state index < -0.39 is 0 Å². The molecule has 0 radical (unpaired) electrons. The topological polar surface area (TPSA) is 12.0 Å². The first-order valence-electron chi connectivity index (χ1n) is 4.21. The Hall–Kier alpha value is -0.500. The van der Waals surface area contributed by atoms with Crippen LogP contribution in [0.25, 0.3) is 0 Å². The van der Waals surface area contributed by atoms with E-state index in [0.29, 0.717) is 0 Å². The Labute approximate surface area is 71.4 Å². The van der Waals surface area contributed by atoms with Gasteiger partial charge >= 0.3 is 0 Å². The molecule has 1 saturated carbocycles. The Morgan fingerprint density at radius 3 is 3.00 bits per heavy atom. The summed E-state index contributed by atoms with van der Waals surface area (Å²) in [4.78, 5) is 0. The first-order valence-corrected chi connectivity index (χ1v) is 5.15. The van der Waals surface area contributed by atoms with Gasteiger partial charge in [0.15, 0.2) is 0 Å². The van der Waals surface area contributed by atoms with Gasteiger partial charge in [0, 0.05) is 17.6 Å². The monoisotopic (exact) mass is 167 g/mol. The van der Waals surface area contributed by atoms with Crippen LogP contribution in [0.2, 0.25) is 0 Å². The quantitative estimate of drug-likeness (QED) is 0.729. The number of anilines is 1. The Bertz CT molecular complexity index is 201. The number of hydrogen-bond donors (Lipinski definition) is 1. The van der Waals surface area contributed by atoms with Crippen LogP contribution in [-0.4, -0.2) is 6.54 Å². The summed E-state index contributed by atoms with van der Waals surface area (Å²) in [5, 5.41) is 7.72. The molecule has 0 bridgehead atoms. The SMILES string of the molecule is c1cc(NCC2CCC2)cs1. The van der Waals surface area contributed by atoms with E-state index in [-0.39, 0.29) is 0 Å².